The molecule has 154 valence electrons. The van der Waals surface area contributed by atoms with E-state index < -0.39 is 23.9 Å². The van der Waals surface area contributed by atoms with Crippen molar-refractivity contribution < 1.29 is 28.6 Å². The fraction of sp³-hybridized carbons (Fsp3) is 0.318. The van der Waals surface area contributed by atoms with Crippen LogP contribution in [0, 0.1) is 13.8 Å². The molecular weight excluding hydrogens is 374 g/mol. The number of benzene rings is 2. The van der Waals surface area contributed by atoms with Gasteiger partial charge in [0.05, 0.1) is 25.3 Å². The Hall–Kier alpha value is -3.35. The van der Waals surface area contributed by atoms with Gasteiger partial charge >= 0.3 is 11.9 Å². The van der Waals surface area contributed by atoms with Crippen LogP contribution in [0.2, 0.25) is 0 Å². The van der Waals surface area contributed by atoms with E-state index in [1.807, 2.05) is 39.0 Å². The Balaban J connectivity index is 2.28. The van der Waals surface area contributed by atoms with Crippen molar-refractivity contribution in [2.24, 2.45) is 0 Å². The van der Waals surface area contributed by atoms with Crippen molar-refractivity contribution in [2.75, 3.05) is 19.5 Å². The smallest absolute Gasteiger partial charge is 0.337 e. The van der Waals surface area contributed by atoms with Crippen molar-refractivity contribution in [2.45, 2.75) is 33.3 Å². The van der Waals surface area contributed by atoms with E-state index in [0.29, 0.717) is 12.2 Å². The van der Waals surface area contributed by atoms with Crippen molar-refractivity contribution in [3.63, 3.8) is 0 Å². The summed E-state index contributed by atoms with van der Waals surface area (Å²) >= 11 is 0. The summed E-state index contributed by atoms with van der Waals surface area (Å²) in [5, 5.41) is 2.71. The molecule has 0 radical (unpaired) electrons. The molecule has 1 N–H and O–H groups in total. The first-order valence-electron chi connectivity index (χ1n) is 9.15. The number of hydrogen-bond donors (Lipinski definition) is 1. The van der Waals surface area contributed by atoms with Gasteiger partial charge in [-0.2, -0.15) is 0 Å². The van der Waals surface area contributed by atoms with Crippen LogP contribution in [0.15, 0.2) is 36.4 Å². The molecular formula is C22H25NO6. The van der Waals surface area contributed by atoms with Crippen LogP contribution in [-0.2, 0) is 14.3 Å². The molecule has 0 fully saturated rings. The fourth-order valence-corrected chi connectivity index (χ4v) is 2.70. The van der Waals surface area contributed by atoms with Gasteiger partial charge < -0.3 is 19.5 Å². The van der Waals surface area contributed by atoms with Crippen molar-refractivity contribution in [3.8, 4) is 5.75 Å². The lowest BCUT2D eigenvalue weighted by molar-refractivity contribution is -0.122. The summed E-state index contributed by atoms with van der Waals surface area (Å²) in [7, 11) is 2.47. The number of esters is 2. The highest BCUT2D eigenvalue weighted by Crippen LogP contribution is 2.22. The second-order valence-corrected chi connectivity index (χ2v) is 6.56. The number of rotatable bonds is 7. The zero-order valence-corrected chi connectivity index (χ0v) is 17.2. The van der Waals surface area contributed by atoms with Gasteiger partial charge in [0, 0.05) is 5.69 Å². The first kappa shape index (κ1) is 21.9. The number of aryl methyl sites for hydroxylation is 2. The van der Waals surface area contributed by atoms with E-state index >= 15 is 0 Å². The highest BCUT2D eigenvalue weighted by atomic mass is 16.5. The summed E-state index contributed by atoms with van der Waals surface area (Å²) in [6.07, 6.45) is -0.321. The third kappa shape index (κ3) is 5.57. The number of anilines is 1. The third-order valence-corrected chi connectivity index (χ3v) is 4.32. The van der Waals surface area contributed by atoms with Crippen LogP contribution in [-0.4, -0.2) is 38.2 Å². The van der Waals surface area contributed by atoms with Gasteiger partial charge in [0.25, 0.3) is 5.91 Å². The molecule has 2 rings (SSSR count). The second kappa shape index (κ2) is 9.73. The number of methoxy groups -OCH3 is 2. The number of carbonyl (C=O) groups is 3. The van der Waals surface area contributed by atoms with Crippen molar-refractivity contribution in [1.29, 1.82) is 0 Å². The van der Waals surface area contributed by atoms with E-state index in [0.717, 1.165) is 11.1 Å². The predicted octanol–water partition coefficient (Wildman–Crippen LogP) is 3.67. The van der Waals surface area contributed by atoms with E-state index in [2.05, 4.69) is 5.32 Å². The summed E-state index contributed by atoms with van der Waals surface area (Å²) in [6.45, 7) is 5.68. The zero-order valence-electron chi connectivity index (χ0n) is 17.2. The Morgan fingerprint density at radius 3 is 2.03 bits per heavy atom. The van der Waals surface area contributed by atoms with Crippen molar-refractivity contribution >= 4 is 23.5 Å². The minimum absolute atomic E-state index is 0.120. The summed E-state index contributed by atoms with van der Waals surface area (Å²) in [5.74, 6) is -1.04. The molecule has 0 saturated heterocycles. The van der Waals surface area contributed by atoms with Gasteiger partial charge in [0.1, 0.15) is 5.75 Å². The van der Waals surface area contributed by atoms with Crippen molar-refractivity contribution in [1.82, 2.24) is 0 Å². The molecule has 0 aliphatic rings. The molecule has 0 aliphatic carbocycles. The average Bonchev–Trinajstić information content (AvgIpc) is 2.72. The van der Waals surface area contributed by atoms with Gasteiger partial charge in [0.15, 0.2) is 6.10 Å². The molecule has 0 unspecified atom stereocenters. The van der Waals surface area contributed by atoms with Crippen LogP contribution in [0.5, 0.6) is 5.75 Å². The first-order valence-corrected chi connectivity index (χ1v) is 9.15. The Morgan fingerprint density at radius 1 is 0.931 bits per heavy atom. The Bertz CT molecular complexity index is 887. The van der Waals surface area contributed by atoms with E-state index in [9.17, 15) is 14.4 Å². The Kier molecular flexibility index (Phi) is 7.36. The van der Waals surface area contributed by atoms with Crippen LogP contribution in [0.25, 0.3) is 0 Å². The van der Waals surface area contributed by atoms with Gasteiger partial charge in [-0.15, -0.1) is 0 Å². The predicted molar refractivity (Wildman–Crippen MR) is 108 cm³/mol. The number of nitrogens with one attached hydrogen (secondary N) is 1. The second-order valence-electron chi connectivity index (χ2n) is 6.56. The molecule has 0 aromatic heterocycles. The van der Waals surface area contributed by atoms with Crippen LogP contribution in [0.3, 0.4) is 0 Å². The quantitative estimate of drug-likeness (QED) is 0.715. The van der Waals surface area contributed by atoms with Gasteiger partial charge in [-0.25, -0.2) is 9.59 Å². The minimum atomic E-state index is -0.751. The first-order chi connectivity index (χ1) is 13.8. The highest BCUT2D eigenvalue weighted by molar-refractivity contribution is 6.00. The largest absolute Gasteiger partial charge is 0.480 e. The topological polar surface area (TPSA) is 90.9 Å². The molecule has 0 heterocycles. The Morgan fingerprint density at radius 2 is 1.52 bits per heavy atom. The third-order valence-electron chi connectivity index (χ3n) is 4.32. The maximum absolute atomic E-state index is 12.8. The molecule has 29 heavy (non-hydrogen) atoms. The van der Waals surface area contributed by atoms with E-state index in [1.165, 1.54) is 32.4 Å². The molecule has 1 atom stereocenters. The van der Waals surface area contributed by atoms with Gasteiger partial charge in [-0.1, -0.05) is 19.1 Å². The molecule has 7 nitrogen and oxygen atoms in total. The van der Waals surface area contributed by atoms with Gasteiger partial charge in [0.2, 0.25) is 0 Å². The molecule has 0 spiro atoms. The molecule has 7 heteroatoms. The van der Waals surface area contributed by atoms with Crippen LogP contribution < -0.4 is 10.1 Å². The molecule has 2 aromatic carbocycles. The van der Waals surface area contributed by atoms with Crippen LogP contribution in [0.4, 0.5) is 5.69 Å². The normalized spacial score (nSPS) is 11.3. The lowest BCUT2D eigenvalue weighted by Crippen LogP contribution is -2.32. The highest BCUT2D eigenvalue weighted by Gasteiger charge is 2.21. The number of hydrogen-bond acceptors (Lipinski definition) is 6. The zero-order chi connectivity index (χ0) is 21.6. The SMILES string of the molecule is CC[C@@H](Oc1cc(C)ccc1C)C(=O)Nc1cc(C(=O)OC)cc(C(=O)OC)c1. The monoisotopic (exact) mass is 399 g/mol. The maximum atomic E-state index is 12.8. The number of amides is 1. The van der Waals surface area contributed by atoms with E-state index in [-0.39, 0.29) is 16.8 Å². The fourth-order valence-electron chi connectivity index (χ4n) is 2.70. The minimum Gasteiger partial charge on any atom is -0.480 e. The van der Waals surface area contributed by atoms with Gasteiger partial charge in [-0.3, -0.25) is 4.79 Å². The number of ether oxygens (including phenoxy) is 3. The molecule has 0 aliphatic heterocycles. The summed E-state index contributed by atoms with van der Waals surface area (Å²) in [5.41, 5.74) is 2.45. The van der Waals surface area contributed by atoms with Crippen molar-refractivity contribution in [3.05, 3.63) is 58.7 Å². The van der Waals surface area contributed by atoms with Crippen LogP contribution >= 0.6 is 0 Å². The number of carbonyl (C=O) groups excluding carboxylic acids is 3. The molecule has 2 aromatic rings. The maximum Gasteiger partial charge on any atom is 0.337 e. The summed E-state index contributed by atoms with van der Waals surface area (Å²) in [6, 6.07) is 9.98. The lowest BCUT2D eigenvalue weighted by atomic mass is 10.1. The summed E-state index contributed by atoms with van der Waals surface area (Å²) in [4.78, 5) is 36.6. The standard InChI is InChI=1S/C22H25NO6/c1-6-18(29-19-9-13(2)7-8-14(19)3)20(24)23-17-11-15(21(25)27-4)10-16(12-17)22(26)28-5/h7-12,18H,6H2,1-5H3,(H,23,24)/t18-/m1/s1. The van der Waals surface area contributed by atoms with E-state index in [1.54, 1.807) is 0 Å². The molecule has 0 saturated carbocycles. The Labute approximate surface area is 170 Å². The van der Waals surface area contributed by atoms with Gasteiger partial charge in [-0.05, 0) is 55.7 Å². The van der Waals surface area contributed by atoms with Crippen LogP contribution in [0.1, 0.15) is 45.2 Å². The van der Waals surface area contributed by atoms with E-state index in [4.69, 9.17) is 14.2 Å². The molecule has 1 amide bonds. The molecule has 0 bridgehead atoms. The summed E-state index contributed by atoms with van der Waals surface area (Å²) < 4.78 is 15.3. The lowest BCUT2D eigenvalue weighted by Gasteiger charge is -2.19. The average molecular weight is 399 g/mol.